The minimum atomic E-state index is 0.0808. The van der Waals surface area contributed by atoms with Gasteiger partial charge in [0.05, 0.1) is 11.9 Å². The lowest BCUT2D eigenvalue weighted by Crippen LogP contribution is -2.24. The maximum absolute atomic E-state index is 5.93. The first kappa shape index (κ1) is 12.4. The van der Waals surface area contributed by atoms with Gasteiger partial charge in [0.25, 0.3) is 0 Å². The minimum absolute atomic E-state index is 0.0808. The average Bonchev–Trinajstić information content (AvgIpc) is 2.82. The van der Waals surface area contributed by atoms with Gasteiger partial charge in [0.1, 0.15) is 6.33 Å². The normalized spacial score (nSPS) is 10.7. The van der Waals surface area contributed by atoms with Crippen LogP contribution in [0.15, 0.2) is 29.6 Å². The first-order valence-corrected chi connectivity index (χ1v) is 5.57. The number of nitrogens with zero attached hydrogens (tertiary/aromatic N) is 5. The van der Waals surface area contributed by atoms with Crippen LogP contribution in [0.2, 0.25) is 5.02 Å². The van der Waals surface area contributed by atoms with Gasteiger partial charge in [-0.1, -0.05) is 11.6 Å². The van der Waals surface area contributed by atoms with Gasteiger partial charge in [0, 0.05) is 10.6 Å². The molecule has 0 unspecified atom stereocenters. The first-order chi connectivity index (χ1) is 8.66. The van der Waals surface area contributed by atoms with Gasteiger partial charge < -0.3 is 5.73 Å². The molecule has 9 heteroatoms. The molecule has 2 aromatic rings. The van der Waals surface area contributed by atoms with Gasteiger partial charge in [-0.15, -0.1) is 5.10 Å². The third kappa shape index (κ3) is 2.99. The summed E-state index contributed by atoms with van der Waals surface area (Å²) < 4.78 is 1.50. The number of thiocarbonyl (C=S) groups is 1. The topological polar surface area (TPSA) is 94.0 Å². The quantitative estimate of drug-likeness (QED) is 0.483. The van der Waals surface area contributed by atoms with Crippen molar-refractivity contribution in [3.05, 3.63) is 35.1 Å². The van der Waals surface area contributed by atoms with Crippen molar-refractivity contribution in [2.75, 3.05) is 0 Å². The Kier molecular flexibility index (Phi) is 3.80. The van der Waals surface area contributed by atoms with Crippen LogP contribution in [0.3, 0.4) is 0 Å². The smallest absolute Gasteiger partial charge is 0.184 e. The van der Waals surface area contributed by atoms with Gasteiger partial charge in [-0.25, -0.2) is 0 Å². The number of nitrogens with one attached hydrogen (secondary N) is 1. The molecule has 92 valence electrons. The lowest BCUT2D eigenvalue weighted by molar-refractivity contribution is 0.788. The van der Waals surface area contributed by atoms with Crippen molar-refractivity contribution >= 4 is 35.1 Å². The molecule has 0 atom stereocenters. The number of hydrogen-bond acceptors (Lipinski definition) is 5. The molecule has 0 aliphatic rings. The van der Waals surface area contributed by atoms with E-state index < -0.39 is 0 Å². The third-order valence-electron chi connectivity index (χ3n) is 1.96. The van der Waals surface area contributed by atoms with Crippen LogP contribution < -0.4 is 11.2 Å². The Labute approximate surface area is 113 Å². The van der Waals surface area contributed by atoms with E-state index in [9.17, 15) is 0 Å². The molecule has 0 saturated heterocycles. The van der Waals surface area contributed by atoms with Crippen LogP contribution in [-0.2, 0) is 0 Å². The molecule has 0 spiro atoms. The number of hydrazone groups is 1. The van der Waals surface area contributed by atoms with Gasteiger partial charge in [-0.05, 0) is 40.8 Å². The summed E-state index contributed by atoms with van der Waals surface area (Å²) in [6.07, 6.45) is 3.00. The van der Waals surface area contributed by atoms with E-state index in [1.165, 1.54) is 17.2 Å². The van der Waals surface area contributed by atoms with Crippen molar-refractivity contribution in [1.29, 1.82) is 0 Å². The van der Waals surface area contributed by atoms with Crippen LogP contribution in [0, 0.1) is 0 Å². The van der Waals surface area contributed by atoms with Crippen LogP contribution >= 0.6 is 23.8 Å². The molecule has 2 rings (SSSR count). The summed E-state index contributed by atoms with van der Waals surface area (Å²) >= 11 is 10.6. The molecule has 0 saturated carbocycles. The molecular weight excluding hydrogens is 274 g/mol. The molecule has 1 aromatic carbocycles. The Morgan fingerprint density at radius 3 is 3.06 bits per heavy atom. The monoisotopic (exact) mass is 281 g/mol. The summed E-state index contributed by atoms with van der Waals surface area (Å²) in [6.45, 7) is 0. The number of nitrogens with two attached hydrogens (primary N) is 1. The summed E-state index contributed by atoms with van der Waals surface area (Å²) in [7, 11) is 0. The van der Waals surface area contributed by atoms with Gasteiger partial charge in [0.2, 0.25) is 0 Å². The highest BCUT2D eigenvalue weighted by atomic mass is 35.5. The van der Waals surface area contributed by atoms with Gasteiger partial charge >= 0.3 is 0 Å². The lowest BCUT2D eigenvalue weighted by Gasteiger charge is -2.04. The molecule has 0 fully saturated rings. The summed E-state index contributed by atoms with van der Waals surface area (Å²) in [4.78, 5) is 0. The molecule has 1 heterocycles. The van der Waals surface area contributed by atoms with E-state index in [0.29, 0.717) is 5.02 Å². The Morgan fingerprint density at radius 2 is 2.39 bits per heavy atom. The van der Waals surface area contributed by atoms with E-state index in [4.69, 9.17) is 17.3 Å². The SMILES string of the molecule is NC(=S)NN=Cc1cc(Cl)ccc1-n1cnnn1. The fourth-order valence-corrected chi connectivity index (χ4v) is 1.51. The standard InChI is InChI=1S/C9H8ClN7S/c10-7-1-2-8(17-5-13-15-16-17)6(3-7)4-12-14-9(11)18/h1-5H,(H3,11,14,18). The van der Waals surface area contributed by atoms with Crippen LogP contribution in [-0.4, -0.2) is 31.5 Å². The van der Waals surface area contributed by atoms with Gasteiger partial charge in [-0.3, -0.25) is 5.43 Å². The maximum atomic E-state index is 5.93. The average molecular weight is 282 g/mol. The maximum Gasteiger partial charge on any atom is 0.184 e. The largest absolute Gasteiger partial charge is 0.375 e. The highest BCUT2D eigenvalue weighted by Gasteiger charge is 2.05. The third-order valence-corrected chi connectivity index (χ3v) is 2.29. The van der Waals surface area contributed by atoms with Crippen molar-refractivity contribution < 1.29 is 0 Å². The first-order valence-electron chi connectivity index (χ1n) is 4.78. The Balaban J connectivity index is 2.35. The van der Waals surface area contributed by atoms with Gasteiger partial charge in [0.15, 0.2) is 5.11 Å². The fourth-order valence-electron chi connectivity index (χ4n) is 1.27. The van der Waals surface area contributed by atoms with E-state index in [-0.39, 0.29) is 5.11 Å². The van der Waals surface area contributed by atoms with Crippen molar-refractivity contribution in [2.24, 2.45) is 10.8 Å². The zero-order chi connectivity index (χ0) is 13.0. The molecule has 3 N–H and O–H groups in total. The Morgan fingerprint density at radius 1 is 1.56 bits per heavy atom. The second-order valence-corrected chi connectivity index (χ2v) is 4.07. The zero-order valence-electron chi connectivity index (χ0n) is 8.99. The van der Waals surface area contributed by atoms with Crippen molar-refractivity contribution in [3.8, 4) is 5.69 Å². The highest BCUT2D eigenvalue weighted by molar-refractivity contribution is 7.80. The molecule has 0 aliphatic carbocycles. The van der Waals surface area contributed by atoms with Crippen LogP contribution in [0.4, 0.5) is 0 Å². The molecule has 0 amide bonds. The minimum Gasteiger partial charge on any atom is -0.375 e. The summed E-state index contributed by atoms with van der Waals surface area (Å²) in [5.41, 5.74) is 9.18. The summed E-state index contributed by atoms with van der Waals surface area (Å²) in [6, 6.07) is 5.24. The van der Waals surface area contributed by atoms with Crippen molar-refractivity contribution in [2.45, 2.75) is 0 Å². The number of halogens is 1. The molecule has 7 nitrogen and oxygen atoms in total. The van der Waals surface area contributed by atoms with Crippen molar-refractivity contribution in [3.63, 3.8) is 0 Å². The predicted octanol–water partition coefficient (Wildman–Crippen LogP) is 0.483. The number of aromatic nitrogens is 4. The van der Waals surface area contributed by atoms with E-state index in [1.807, 2.05) is 0 Å². The summed E-state index contributed by atoms with van der Waals surface area (Å²) in [5, 5.41) is 15.5. The van der Waals surface area contributed by atoms with Crippen molar-refractivity contribution in [1.82, 2.24) is 25.6 Å². The molecule has 18 heavy (non-hydrogen) atoms. The van der Waals surface area contributed by atoms with Crippen LogP contribution in [0.1, 0.15) is 5.56 Å². The van der Waals surface area contributed by atoms with E-state index >= 15 is 0 Å². The number of tetrazole rings is 1. The molecule has 0 aliphatic heterocycles. The molecular formula is C9H8ClN7S. The van der Waals surface area contributed by atoms with Crippen LogP contribution in [0.25, 0.3) is 5.69 Å². The zero-order valence-corrected chi connectivity index (χ0v) is 10.6. The Hall–Kier alpha value is -2.06. The van der Waals surface area contributed by atoms with E-state index in [0.717, 1.165) is 11.3 Å². The fraction of sp³-hybridized carbons (Fsp3) is 0. The second kappa shape index (κ2) is 5.52. The number of benzene rings is 1. The predicted molar refractivity (Wildman–Crippen MR) is 71.7 cm³/mol. The summed E-state index contributed by atoms with van der Waals surface area (Å²) in [5.74, 6) is 0. The van der Waals surface area contributed by atoms with E-state index in [1.54, 1.807) is 18.2 Å². The van der Waals surface area contributed by atoms with E-state index in [2.05, 4.69) is 38.3 Å². The van der Waals surface area contributed by atoms with Gasteiger partial charge in [-0.2, -0.15) is 9.78 Å². The van der Waals surface area contributed by atoms with Crippen LogP contribution in [0.5, 0.6) is 0 Å². The molecule has 0 bridgehead atoms. The second-order valence-electron chi connectivity index (χ2n) is 3.19. The molecule has 1 aromatic heterocycles. The number of rotatable bonds is 3. The highest BCUT2D eigenvalue weighted by Crippen LogP contribution is 2.17. The number of hydrogen-bond donors (Lipinski definition) is 2. The Bertz CT molecular complexity index is 581. The lowest BCUT2D eigenvalue weighted by atomic mass is 10.2. The molecule has 0 radical (unpaired) electrons.